The highest BCUT2D eigenvalue weighted by Crippen LogP contribution is 2.60. The van der Waals surface area contributed by atoms with E-state index in [1.807, 2.05) is 0 Å². The first kappa shape index (κ1) is 13.4. The summed E-state index contributed by atoms with van der Waals surface area (Å²) >= 11 is 0. The Kier molecular flexibility index (Phi) is 3.13. The summed E-state index contributed by atoms with van der Waals surface area (Å²) in [7, 11) is 1.77. The minimum absolute atomic E-state index is 0.533. The van der Waals surface area contributed by atoms with Crippen molar-refractivity contribution in [3.8, 4) is 5.75 Å². The second-order valence-electron chi connectivity index (χ2n) is 7.24. The van der Waals surface area contributed by atoms with E-state index in [0.29, 0.717) is 5.41 Å². The molecule has 4 atom stereocenters. The molecule has 4 rings (SSSR count). The van der Waals surface area contributed by atoms with Gasteiger partial charge in [-0.2, -0.15) is 0 Å². The van der Waals surface area contributed by atoms with Gasteiger partial charge >= 0.3 is 0 Å². The van der Waals surface area contributed by atoms with E-state index in [-0.39, 0.29) is 0 Å². The molecule has 0 saturated heterocycles. The molecule has 0 unspecified atom stereocenters. The molecule has 0 heterocycles. The van der Waals surface area contributed by atoms with Gasteiger partial charge in [-0.05, 0) is 85.0 Å². The lowest BCUT2D eigenvalue weighted by molar-refractivity contribution is 0.0654. The van der Waals surface area contributed by atoms with Gasteiger partial charge in [-0.3, -0.25) is 0 Å². The van der Waals surface area contributed by atoms with Crippen LogP contribution in [0.3, 0.4) is 0 Å². The predicted octanol–water partition coefficient (Wildman–Crippen LogP) is 5.11. The average Bonchev–Trinajstić information content (AvgIpc) is 2.98. The molecule has 1 fully saturated rings. The van der Waals surface area contributed by atoms with Crippen molar-refractivity contribution in [1.82, 2.24) is 0 Å². The number of hydrogen-bond donors (Lipinski definition) is 0. The van der Waals surface area contributed by atoms with E-state index in [1.54, 1.807) is 18.2 Å². The largest absolute Gasteiger partial charge is 0.497 e. The van der Waals surface area contributed by atoms with Crippen LogP contribution in [-0.4, -0.2) is 7.11 Å². The van der Waals surface area contributed by atoms with E-state index < -0.39 is 0 Å². The molecule has 0 amide bonds. The van der Waals surface area contributed by atoms with Gasteiger partial charge in [-0.1, -0.05) is 25.1 Å². The van der Waals surface area contributed by atoms with Crippen LogP contribution < -0.4 is 4.74 Å². The Balaban J connectivity index is 1.69. The quantitative estimate of drug-likeness (QED) is 0.685. The van der Waals surface area contributed by atoms with E-state index in [1.165, 1.54) is 38.5 Å². The molecule has 0 aromatic heterocycles. The lowest BCUT2D eigenvalue weighted by Crippen LogP contribution is -2.40. The Bertz CT molecular complexity index is 573. The Morgan fingerprint density at radius 3 is 3.00 bits per heavy atom. The van der Waals surface area contributed by atoms with Crippen LogP contribution in [-0.2, 0) is 6.42 Å². The lowest BCUT2D eigenvalue weighted by atomic mass is 9.54. The maximum atomic E-state index is 5.41. The molecule has 112 valence electrons. The highest BCUT2D eigenvalue weighted by molar-refractivity contribution is 5.41. The van der Waals surface area contributed by atoms with Crippen molar-refractivity contribution in [2.75, 3.05) is 7.11 Å². The fourth-order valence-corrected chi connectivity index (χ4v) is 5.55. The number of rotatable bonds is 2. The normalized spacial score (nSPS) is 36.8. The van der Waals surface area contributed by atoms with Gasteiger partial charge in [-0.25, -0.2) is 0 Å². The van der Waals surface area contributed by atoms with Crippen LogP contribution in [0.2, 0.25) is 0 Å². The number of methoxy groups -OCH3 is 1. The lowest BCUT2D eigenvalue weighted by Gasteiger charge is -2.50. The van der Waals surface area contributed by atoms with Crippen LogP contribution in [0.1, 0.15) is 56.1 Å². The van der Waals surface area contributed by atoms with E-state index in [9.17, 15) is 0 Å². The Morgan fingerprint density at radius 2 is 2.19 bits per heavy atom. The van der Waals surface area contributed by atoms with Gasteiger partial charge in [0.05, 0.1) is 7.11 Å². The molecule has 1 nitrogen and oxygen atoms in total. The molecule has 1 aromatic rings. The minimum Gasteiger partial charge on any atom is -0.497 e. The molecule has 0 aliphatic heterocycles. The maximum absolute atomic E-state index is 5.41. The zero-order chi connectivity index (χ0) is 14.4. The Labute approximate surface area is 128 Å². The fraction of sp³-hybridized carbons (Fsp3) is 0.600. The highest BCUT2D eigenvalue weighted by Gasteiger charge is 2.49. The second kappa shape index (κ2) is 4.90. The van der Waals surface area contributed by atoms with Gasteiger partial charge in [-0.15, -0.1) is 0 Å². The smallest absolute Gasteiger partial charge is 0.119 e. The van der Waals surface area contributed by atoms with Crippen molar-refractivity contribution in [3.63, 3.8) is 0 Å². The number of fused-ring (bicyclic) bond motifs is 5. The van der Waals surface area contributed by atoms with Crippen LogP contribution in [0.5, 0.6) is 5.75 Å². The third-order valence-electron chi connectivity index (χ3n) is 6.69. The van der Waals surface area contributed by atoms with Gasteiger partial charge in [0.25, 0.3) is 0 Å². The van der Waals surface area contributed by atoms with E-state index in [2.05, 4.69) is 37.3 Å². The molecule has 0 N–H and O–H groups in total. The summed E-state index contributed by atoms with van der Waals surface area (Å²) in [4.78, 5) is 0. The number of aryl methyl sites for hydroxylation is 1. The predicted molar refractivity (Wildman–Crippen MR) is 86.8 cm³/mol. The molecule has 1 aromatic carbocycles. The fourth-order valence-electron chi connectivity index (χ4n) is 5.55. The summed E-state index contributed by atoms with van der Waals surface area (Å²) in [6, 6.07) is 6.79. The summed E-state index contributed by atoms with van der Waals surface area (Å²) in [5, 5.41) is 0. The van der Waals surface area contributed by atoms with Crippen molar-refractivity contribution in [2.24, 2.45) is 17.3 Å². The molecule has 1 saturated carbocycles. The molecular formula is C20H26O. The SMILES string of the molecule is CC[C@@]12C=CC[C@H]1[C@@H]1CCc3cc(OC)ccc3[C@H]1CC2. The van der Waals surface area contributed by atoms with Gasteiger partial charge in [0.2, 0.25) is 0 Å². The summed E-state index contributed by atoms with van der Waals surface area (Å²) in [5.74, 6) is 3.61. The summed E-state index contributed by atoms with van der Waals surface area (Å²) < 4.78 is 5.41. The molecule has 3 aliphatic carbocycles. The Morgan fingerprint density at radius 1 is 1.29 bits per heavy atom. The number of benzene rings is 1. The molecule has 21 heavy (non-hydrogen) atoms. The number of ether oxygens (including phenoxy) is 1. The van der Waals surface area contributed by atoms with Crippen molar-refractivity contribution in [3.05, 3.63) is 41.5 Å². The number of hydrogen-bond acceptors (Lipinski definition) is 1. The van der Waals surface area contributed by atoms with Crippen molar-refractivity contribution >= 4 is 0 Å². The third-order valence-corrected chi connectivity index (χ3v) is 6.69. The van der Waals surface area contributed by atoms with Gasteiger partial charge in [0, 0.05) is 0 Å². The summed E-state index contributed by atoms with van der Waals surface area (Å²) in [6.07, 6.45) is 13.1. The molecule has 1 heteroatoms. The molecule has 0 radical (unpaired) electrons. The first-order chi connectivity index (χ1) is 10.3. The average molecular weight is 282 g/mol. The summed E-state index contributed by atoms with van der Waals surface area (Å²) in [5.41, 5.74) is 3.71. The van der Waals surface area contributed by atoms with Crippen LogP contribution in [0, 0.1) is 17.3 Å². The molecule has 0 spiro atoms. The zero-order valence-corrected chi connectivity index (χ0v) is 13.3. The maximum Gasteiger partial charge on any atom is 0.119 e. The van der Waals surface area contributed by atoms with Crippen LogP contribution in [0.15, 0.2) is 30.4 Å². The van der Waals surface area contributed by atoms with Crippen molar-refractivity contribution < 1.29 is 4.74 Å². The van der Waals surface area contributed by atoms with E-state index in [4.69, 9.17) is 4.74 Å². The van der Waals surface area contributed by atoms with Crippen LogP contribution in [0.25, 0.3) is 0 Å². The minimum atomic E-state index is 0.533. The van der Waals surface area contributed by atoms with E-state index in [0.717, 1.165) is 23.5 Å². The molecule has 0 bridgehead atoms. The molecular weight excluding hydrogens is 256 g/mol. The van der Waals surface area contributed by atoms with Crippen LogP contribution >= 0.6 is 0 Å². The Hall–Kier alpha value is -1.24. The van der Waals surface area contributed by atoms with Gasteiger partial charge in [0.15, 0.2) is 0 Å². The number of allylic oxidation sites excluding steroid dienone is 2. The van der Waals surface area contributed by atoms with Crippen LogP contribution in [0.4, 0.5) is 0 Å². The highest BCUT2D eigenvalue weighted by atomic mass is 16.5. The second-order valence-corrected chi connectivity index (χ2v) is 7.24. The van der Waals surface area contributed by atoms with Crippen molar-refractivity contribution in [1.29, 1.82) is 0 Å². The van der Waals surface area contributed by atoms with Gasteiger partial charge < -0.3 is 4.74 Å². The van der Waals surface area contributed by atoms with E-state index >= 15 is 0 Å². The third kappa shape index (κ3) is 1.89. The first-order valence-corrected chi connectivity index (χ1v) is 8.62. The zero-order valence-electron chi connectivity index (χ0n) is 13.3. The summed E-state index contributed by atoms with van der Waals surface area (Å²) in [6.45, 7) is 2.39. The first-order valence-electron chi connectivity index (χ1n) is 8.62. The van der Waals surface area contributed by atoms with Gasteiger partial charge in [0.1, 0.15) is 5.75 Å². The standard InChI is InChI=1S/C20H26O/c1-3-20-11-4-5-19(20)18-8-6-14-13-15(21-2)7-9-16(14)17(18)10-12-20/h4,7,9,11,13,17-19H,3,5-6,8,10,12H2,1-2H3/t17-,18-,19+,20+/m1/s1. The monoisotopic (exact) mass is 282 g/mol. The van der Waals surface area contributed by atoms with Crippen molar-refractivity contribution in [2.45, 2.75) is 51.4 Å². The molecule has 3 aliphatic rings. The topological polar surface area (TPSA) is 9.23 Å².